The van der Waals surface area contributed by atoms with E-state index in [9.17, 15) is 9.18 Å². The van der Waals surface area contributed by atoms with Gasteiger partial charge in [-0.2, -0.15) is 10.1 Å². The zero-order chi connectivity index (χ0) is 21.7. The number of fused-ring (bicyclic) bond motifs is 5. The van der Waals surface area contributed by atoms with Crippen molar-refractivity contribution in [3.63, 3.8) is 0 Å². The standard InChI is InChI=1S/C23H24FN5O3/c24-16-7-15-8-17(9-16)25-4-6-28-18(10-20(23(28)30)31-12-14-1-2-14)13-32-21-3-5-29-22(27-21)19(15)11-26-29/h3,5,7-9,11,14,18,20,25H,1-2,4,6,10,12-13H2/t18-,20+/m0/s1. The summed E-state index contributed by atoms with van der Waals surface area (Å²) in [6.07, 6.45) is 5.97. The van der Waals surface area contributed by atoms with Crippen LogP contribution in [0.1, 0.15) is 19.3 Å². The average molecular weight is 437 g/mol. The Kier molecular flexibility index (Phi) is 4.71. The number of hydrogen-bond donors (Lipinski definition) is 1. The molecule has 4 heterocycles. The molecule has 2 fully saturated rings. The highest BCUT2D eigenvalue weighted by Crippen LogP contribution is 2.32. The maximum absolute atomic E-state index is 14.4. The van der Waals surface area contributed by atoms with Crippen LogP contribution in [-0.4, -0.2) is 63.9 Å². The molecule has 1 N–H and O–H groups in total. The smallest absolute Gasteiger partial charge is 0.252 e. The fourth-order valence-corrected chi connectivity index (χ4v) is 4.45. The van der Waals surface area contributed by atoms with Crippen LogP contribution in [0.15, 0.2) is 36.7 Å². The maximum atomic E-state index is 14.4. The van der Waals surface area contributed by atoms with Crippen LogP contribution in [0.2, 0.25) is 0 Å². The molecule has 2 aromatic heterocycles. The van der Waals surface area contributed by atoms with E-state index < -0.39 is 6.10 Å². The van der Waals surface area contributed by atoms with E-state index in [4.69, 9.17) is 9.47 Å². The normalized spacial score (nSPS) is 23.0. The van der Waals surface area contributed by atoms with Gasteiger partial charge in [0.2, 0.25) is 5.88 Å². The fraction of sp³-hybridized carbons (Fsp3) is 0.435. The first kappa shape index (κ1) is 19.5. The Morgan fingerprint density at radius 2 is 2.19 bits per heavy atom. The highest BCUT2D eigenvalue weighted by Gasteiger charge is 2.41. The Labute approximate surface area is 184 Å². The van der Waals surface area contributed by atoms with Crippen molar-refractivity contribution in [2.24, 2.45) is 5.92 Å². The van der Waals surface area contributed by atoms with Gasteiger partial charge in [0, 0.05) is 43.0 Å². The van der Waals surface area contributed by atoms with Crippen LogP contribution in [0.3, 0.4) is 0 Å². The molecule has 1 amide bonds. The summed E-state index contributed by atoms with van der Waals surface area (Å²) < 4.78 is 28.0. The number of halogens is 1. The quantitative estimate of drug-likeness (QED) is 0.679. The SMILES string of the molecule is O=C1[C@H](OCC2CC2)C[C@H]2COc3ccn4ncc(c4n3)-c3cc(F)cc(c3)NCCN12. The lowest BCUT2D eigenvalue weighted by molar-refractivity contribution is -0.138. The molecule has 0 unspecified atom stereocenters. The monoisotopic (exact) mass is 437 g/mol. The Hall–Kier alpha value is -3.20. The van der Waals surface area contributed by atoms with Crippen molar-refractivity contribution < 1.29 is 18.7 Å². The van der Waals surface area contributed by atoms with Crippen LogP contribution in [0.5, 0.6) is 5.88 Å². The van der Waals surface area contributed by atoms with Gasteiger partial charge in [-0.25, -0.2) is 8.91 Å². The van der Waals surface area contributed by atoms with Crippen molar-refractivity contribution >= 4 is 17.2 Å². The predicted molar refractivity (Wildman–Crippen MR) is 115 cm³/mol. The summed E-state index contributed by atoms with van der Waals surface area (Å²) in [5, 5.41) is 7.59. The number of aromatic nitrogens is 3. The molecule has 2 atom stereocenters. The zero-order valence-corrected chi connectivity index (χ0v) is 17.5. The van der Waals surface area contributed by atoms with Gasteiger partial charge in [-0.1, -0.05) is 0 Å². The lowest BCUT2D eigenvalue weighted by Crippen LogP contribution is -2.41. The van der Waals surface area contributed by atoms with E-state index >= 15 is 0 Å². The molecule has 2 aliphatic heterocycles. The third-order valence-electron chi connectivity index (χ3n) is 6.37. The van der Waals surface area contributed by atoms with Gasteiger partial charge in [-0.15, -0.1) is 0 Å². The molecule has 9 heteroatoms. The summed E-state index contributed by atoms with van der Waals surface area (Å²) in [4.78, 5) is 19.5. The summed E-state index contributed by atoms with van der Waals surface area (Å²) in [6, 6.07) is 6.42. The summed E-state index contributed by atoms with van der Waals surface area (Å²) in [5.41, 5.74) is 2.63. The molecule has 3 aliphatic rings. The van der Waals surface area contributed by atoms with E-state index in [0.29, 0.717) is 61.4 Å². The fourth-order valence-electron chi connectivity index (χ4n) is 4.45. The van der Waals surface area contributed by atoms with Gasteiger partial charge in [-0.05, 0) is 42.5 Å². The Morgan fingerprint density at radius 3 is 3.06 bits per heavy atom. The topological polar surface area (TPSA) is 81.0 Å². The number of ether oxygens (including phenoxy) is 2. The van der Waals surface area contributed by atoms with Gasteiger partial charge in [0.15, 0.2) is 5.65 Å². The Morgan fingerprint density at radius 1 is 1.28 bits per heavy atom. The minimum Gasteiger partial charge on any atom is -0.475 e. The van der Waals surface area contributed by atoms with Gasteiger partial charge in [0.1, 0.15) is 18.5 Å². The molecular weight excluding hydrogens is 413 g/mol. The van der Waals surface area contributed by atoms with E-state index in [1.807, 2.05) is 11.0 Å². The Balaban J connectivity index is 1.33. The molecule has 32 heavy (non-hydrogen) atoms. The molecule has 6 rings (SSSR count). The van der Waals surface area contributed by atoms with Crippen LogP contribution in [-0.2, 0) is 9.53 Å². The van der Waals surface area contributed by atoms with Crippen LogP contribution in [0.4, 0.5) is 10.1 Å². The van der Waals surface area contributed by atoms with E-state index in [2.05, 4.69) is 15.4 Å². The van der Waals surface area contributed by atoms with Crippen molar-refractivity contribution in [1.82, 2.24) is 19.5 Å². The molecule has 4 bridgehead atoms. The van der Waals surface area contributed by atoms with E-state index in [0.717, 1.165) is 5.56 Å². The minimum atomic E-state index is -0.433. The van der Waals surface area contributed by atoms with E-state index in [-0.39, 0.29) is 17.8 Å². The summed E-state index contributed by atoms with van der Waals surface area (Å²) in [5.74, 6) is 0.681. The largest absolute Gasteiger partial charge is 0.475 e. The first-order chi connectivity index (χ1) is 15.6. The lowest BCUT2D eigenvalue weighted by atomic mass is 10.1. The lowest BCUT2D eigenvalue weighted by Gasteiger charge is -2.25. The second-order valence-corrected chi connectivity index (χ2v) is 8.75. The van der Waals surface area contributed by atoms with Crippen LogP contribution >= 0.6 is 0 Å². The van der Waals surface area contributed by atoms with E-state index in [1.54, 1.807) is 23.0 Å². The van der Waals surface area contributed by atoms with Crippen LogP contribution < -0.4 is 10.1 Å². The number of amides is 1. The van der Waals surface area contributed by atoms with Crippen molar-refractivity contribution in [2.75, 3.05) is 31.6 Å². The summed E-state index contributed by atoms with van der Waals surface area (Å²) in [6.45, 7) is 1.95. The minimum absolute atomic E-state index is 0.00503. The number of nitrogens with zero attached hydrogens (tertiary/aromatic N) is 4. The van der Waals surface area contributed by atoms with Crippen LogP contribution in [0, 0.1) is 11.7 Å². The average Bonchev–Trinajstić information content (AvgIpc) is 3.44. The van der Waals surface area contributed by atoms with Gasteiger partial charge in [-0.3, -0.25) is 4.79 Å². The highest BCUT2D eigenvalue weighted by atomic mass is 19.1. The molecule has 166 valence electrons. The van der Waals surface area contributed by atoms with Crippen LogP contribution in [0.25, 0.3) is 16.8 Å². The number of carbonyl (C=O) groups excluding carboxylic acids is 1. The Bertz CT molecular complexity index is 1180. The van der Waals surface area contributed by atoms with Gasteiger partial charge >= 0.3 is 0 Å². The molecule has 1 saturated carbocycles. The molecule has 0 radical (unpaired) electrons. The van der Waals surface area contributed by atoms with Gasteiger partial charge in [0.05, 0.1) is 18.8 Å². The van der Waals surface area contributed by atoms with Crippen molar-refractivity contribution in [1.29, 1.82) is 0 Å². The molecule has 3 aromatic rings. The van der Waals surface area contributed by atoms with Crippen molar-refractivity contribution in [3.05, 3.63) is 42.5 Å². The highest BCUT2D eigenvalue weighted by molar-refractivity contribution is 5.84. The summed E-state index contributed by atoms with van der Waals surface area (Å²) in [7, 11) is 0. The number of rotatable bonds is 3. The maximum Gasteiger partial charge on any atom is 0.252 e. The molecule has 1 aliphatic carbocycles. The van der Waals surface area contributed by atoms with Crippen molar-refractivity contribution in [3.8, 4) is 17.0 Å². The third kappa shape index (κ3) is 3.66. The molecule has 0 spiro atoms. The molecular formula is C23H24FN5O3. The molecule has 8 nitrogen and oxygen atoms in total. The predicted octanol–water partition coefficient (Wildman–Crippen LogP) is 2.74. The number of nitrogens with one attached hydrogen (secondary N) is 1. The molecule has 1 aromatic carbocycles. The first-order valence-corrected chi connectivity index (χ1v) is 11.1. The van der Waals surface area contributed by atoms with Gasteiger partial charge in [0.25, 0.3) is 5.91 Å². The number of anilines is 1. The number of benzene rings is 1. The summed E-state index contributed by atoms with van der Waals surface area (Å²) >= 11 is 0. The first-order valence-electron chi connectivity index (χ1n) is 11.1. The second kappa shape index (κ2) is 7.74. The third-order valence-corrected chi connectivity index (χ3v) is 6.37. The van der Waals surface area contributed by atoms with Gasteiger partial charge < -0.3 is 19.7 Å². The van der Waals surface area contributed by atoms with Crippen molar-refractivity contribution in [2.45, 2.75) is 31.4 Å². The zero-order valence-electron chi connectivity index (χ0n) is 17.5. The molecule has 1 saturated heterocycles. The number of hydrogen-bond acceptors (Lipinski definition) is 6. The number of carbonyl (C=O) groups is 1. The second-order valence-electron chi connectivity index (χ2n) is 8.75. The van der Waals surface area contributed by atoms with E-state index in [1.165, 1.54) is 25.0 Å².